The van der Waals surface area contributed by atoms with Gasteiger partial charge in [-0.2, -0.15) is 0 Å². The maximum atomic E-state index is 6.06. The average molecular weight is 298 g/mol. The van der Waals surface area contributed by atoms with E-state index < -0.39 is 0 Å². The highest BCUT2D eigenvalue weighted by Crippen LogP contribution is 2.21. The summed E-state index contributed by atoms with van der Waals surface area (Å²) in [5.41, 5.74) is 4.31. The van der Waals surface area contributed by atoms with Gasteiger partial charge in [-0.15, -0.1) is 16.7 Å². The molecule has 1 aromatic heterocycles. The van der Waals surface area contributed by atoms with E-state index in [2.05, 4.69) is 46.7 Å². The molecule has 2 aromatic carbocycles. The van der Waals surface area contributed by atoms with Crippen LogP contribution >= 0.6 is 11.6 Å². The van der Waals surface area contributed by atoms with Gasteiger partial charge in [0.15, 0.2) is 0 Å². The van der Waals surface area contributed by atoms with Gasteiger partial charge in [0.1, 0.15) is 5.69 Å². The van der Waals surface area contributed by atoms with Crippen molar-refractivity contribution in [2.75, 3.05) is 0 Å². The fraction of sp³-hybridized carbons (Fsp3) is 0.176. The van der Waals surface area contributed by atoms with Crippen LogP contribution in [0.15, 0.2) is 60.8 Å². The lowest BCUT2D eigenvalue weighted by Gasteiger charge is -2.09. The van der Waals surface area contributed by atoms with Gasteiger partial charge in [0.25, 0.3) is 0 Å². The standard InChI is InChI=1S/C17H16ClN3/c1-13(18)16-12-21(20-19-16)17-10-6-5-9-15(17)11-14-7-3-2-4-8-14/h2-10,12-13H,11H2,1H3. The van der Waals surface area contributed by atoms with Crippen molar-refractivity contribution in [2.24, 2.45) is 0 Å². The number of nitrogens with zero attached hydrogens (tertiary/aromatic N) is 3. The van der Waals surface area contributed by atoms with Gasteiger partial charge in [0, 0.05) is 0 Å². The number of para-hydroxylation sites is 1. The lowest BCUT2D eigenvalue weighted by molar-refractivity contribution is 0.789. The molecule has 0 spiro atoms. The third kappa shape index (κ3) is 3.14. The van der Waals surface area contributed by atoms with Crippen molar-refractivity contribution >= 4 is 11.6 Å². The molecule has 0 aliphatic heterocycles. The Hall–Kier alpha value is -2.13. The first-order valence-corrected chi connectivity index (χ1v) is 7.36. The Morgan fingerprint density at radius 2 is 1.76 bits per heavy atom. The van der Waals surface area contributed by atoms with Crippen molar-refractivity contribution in [2.45, 2.75) is 18.7 Å². The molecule has 0 N–H and O–H groups in total. The Morgan fingerprint density at radius 3 is 2.48 bits per heavy atom. The SMILES string of the molecule is CC(Cl)c1cn(-c2ccccc2Cc2ccccc2)nn1. The van der Waals surface area contributed by atoms with E-state index in [4.69, 9.17) is 11.6 Å². The predicted octanol–water partition coefficient (Wildman–Crippen LogP) is 4.16. The van der Waals surface area contributed by atoms with Gasteiger partial charge in [-0.3, -0.25) is 0 Å². The number of hydrogen-bond donors (Lipinski definition) is 0. The molecule has 106 valence electrons. The summed E-state index contributed by atoms with van der Waals surface area (Å²) >= 11 is 6.06. The zero-order valence-electron chi connectivity index (χ0n) is 11.8. The highest BCUT2D eigenvalue weighted by molar-refractivity contribution is 6.20. The number of benzene rings is 2. The van der Waals surface area contributed by atoms with Crippen LogP contribution in [0, 0.1) is 0 Å². The first kappa shape index (κ1) is 13.8. The Morgan fingerprint density at radius 1 is 1.05 bits per heavy atom. The average Bonchev–Trinajstić information content (AvgIpc) is 2.99. The molecule has 3 nitrogen and oxygen atoms in total. The summed E-state index contributed by atoms with van der Waals surface area (Å²) in [6.07, 6.45) is 2.75. The summed E-state index contributed by atoms with van der Waals surface area (Å²) in [5.74, 6) is 0. The van der Waals surface area contributed by atoms with Crippen LogP contribution < -0.4 is 0 Å². The number of halogens is 1. The summed E-state index contributed by atoms with van der Waals surface area (Å²) < 4.78 is 1.80. The fourth-order valence-electron chi connectivity index (χ4n) is 2.28. The van der Waals surface area contributed by atoms with Crippen molar-refractivity contribution < 1.29 is 0 Å². The molecule has 0 fully saturated rings. The van der Waals surface area contributed by atoms with Crippen LogP contribution in [0.25, 0.3) is 5.69 Å². The lowest BCUT2D eigenvalue weighted by atomic mass is 10.0. The monoisotopic (exact) mass is 297 g/mol. The van der Waals surface area contributed by atoms with Crippen molar-refractivity contribution in [1.82, 2.24) is 15.0 Å². The normalized spacial score (nSPS) is 12.3. The molecule has 0 radical (unpaired) electrons. The molecular weight excluding hydrogens is 282 g/mol. The fourth-order valence-corrected chi connectivity index (χ4v) is 2.38. The second-order valence-electron chi connectivity index (χ2n) is 5.00. The van der Waals surface area contributed by atoms with Gasteiger partial charge >= 0.3 is 0 Å². The quantitative estimate of drug-likeness (QED) is 0.677. The van der Waals surface area contributed by atoms with E-state index in [1.54, 1.807) is 4.68 Å². The summed E-state index contributed by atoms with van der Waals surface area (Å²) in [6.45, 7) is 1.89. The Bertz CT molecular complexity index is 720. The number of hydrogen-bond acceptors (Lipinski definition) is 2. The summed E-state index contributed by atoms with van der Waals surface area (Å²) in [5, 5.41) is 8.17. The molecule has 21 heavy (non-hydrogen) atoms. The summed E-state index contributed by atoms with van der Waals surface area (Å²) in [6, 6.07) is 18.6. The minimum Gasteiger partial charge on any atom is -0.220 e. The molecule has 0 saturated carbocycles. The largest absolute Gasteiger partial charge is 0.220 e. The molecule has 3 aromatic rings. The van der Waals surface area contributed by atoms with Crippen LogP contribution in [-0.4, -0.2) is 15.0 Å². The van der Waals surface area contributed by atoms with Crippen molar-refractivity contribution in [3.05, 3.63) is 77.6 Å². The Labute approximate surface area is 129 Å². The Balaban J connectivity index is 1.95. The smallest absolute Gasteiger partial charge is 0.101 e. The second-order valence-corrected chi connectivity index (χ2v) is 5.65. The van der Waals surface area contributed by atoms with Crippen LogP contribution in [-0.2, 0) is 6.42 Å². The molecule has 3 rings (SSSR count). The van der Waals surface area contributed by atoms with Crippen LogP contribution in [0.2, 0.25) is 0 Å². The summed E-state index contributed by atoms with van der Waals surface area (Å²) in [7, 11) is 0. The van der Waals surface area contributed by atoms with E-state index in [1.807, 2.05) is 31.3 Å². The molecule has 0 aliphatic rings. The predicted molar refractivity (Wildman–Crippen MR) is 84.9 cm³/mol. The maximum Gasteiger partial charge on any atom is 0.101 e. The van der Waals surface area contributed by atoms with Gasteiger partial charge < -0.3 is 0 Å². The van der Waals surface area contributed by atoms with E-state index in [0.29, 0.717) is 0 Å². The van der Waals surface area contributed by atoms with Crippen molar-refractivity contribution in [3.8, 4) is 5.69 Å². The van der Waals surface area contributed by atoms with Crippen molar-refractivity contribution in [1.29, 1.82) is 0 Å². The van der Waals surface area contributed by atoms with E-state index >= 15 is 0 Å². The highest BCUT2D eigenvalue weighted by Gasteiger charge is 2.10. The third-order valence-corrected chi connectivity index (χ3v) is 3.62. The molecule has 0 bridgehead atoms. The van der Waals surface area contributed by atoms with Crippen LogP contribution in [0.1, 0.15) is 29.1 Å². The molecule has 0 amide bonds. The second kappa shape index (κ2) is 6.10. The zero-order chi connectivity index (χ0) is 14.7. The first-order chi connectivity index (χ1) is 10.2. The molecule has 0 aliphatic carbocycles. The third-order valence-electron chi connectivity index (χ3n) is 3.39. The van der Waals surface area contributed by atoms with Crippen molar-refractivity contribution in [3.63, 3.8) is 0 Å². The van der Waals surface area contributed by atoms with E-state index in [9.17, 15) is 0 Å². The topological polar surface area (TPSA) is 30.7 Å². The van der Waals surface area contributed by atoms with Gasteiger partial charge in [-0.05, 0) is 30.5 Å². The molecule has 1 unspecified atom stereocenters. The van der Waals surface area contributed by atoms with Gasteiger partial charge in [-0.25, -0.2) is 4.68 Å². The number of rotatable bonds is 4. The molecule has 1 atom stereocenters. The number of aromatic nitrogens is 3. The summed E-state index contributed by atoms with van der Waals surface area (Å²) in [4.78, 5) is 0. The van der Waals surface area contributed by atoms with E-state index in [1.165, 1.54) is 11.1 Å². The molecular formula is C17H16ClN3. The van der Waals surface area contributed by atoms with Crippen LogP contribution in [0.5, 0.6) is 0 Å². The van der Waals surface area contributed by atoms with E-state index in [-0.39, 0.29) is 5.38 Å². The minimum absolute atomic E-state index is 0.139. The lowest BCUT2D eigenvalue weighted by Crippen LogP contribution is -2.01. The zero-order valence-corrected chi connectivity index (χ0v) is 12.5. The van der Waals surface area contributed by atoms with Gasteiger partial charge in [-0.1, -0.05) is 53.7 Å². The van der Waals surface area contributed by atoms with Gasteiger partial charge in [0.05, 0.1) is 17.3 Å². The molecule has 1 heterocycles. The van der Waals surface area contributed by atoms with E-state index in [0.717, 1.165) is 17.8 Å². The Kier molecular flexibility index (Phi) is 4.02. The van der Waals surface area contributed by atoms with Crippen LogP contribution in [0.4, 0.5) is 0 Å². The molecule has 4 heteroatoms. The minimum atomic E-state index is -0.139. The maximum absolute atomic E-state index is 6.06. The highest BCUT2D eigenvalue weighted by atomic mass is 35.5. The first-order valence-electron chi connectivity index (χ1n) is 6.92. The van der Waals surface area contributed by atoms with Gasteiger partial charge in [0.2, 0.25) is 0 Å². The number of alkyl halides is 1. The van der Waals surface area contributed by atoms with Crippen LogP contribution in [0.3, 0.4) is 0 Å². The molecule has 0 saturated heterocycles.